The van der Waals surface area contributed by atoms with E-state index in [1.165, 1.54) is 4.90 Å². The van der Waals surface area contributed by atoms with E-state index in [9.17, 15) is 19.5 Å². The van der Waals surface area contributed by atoms with Crippen LogP contribution in [0.15, 0.2) is 18.2 Å². The molecular formula is C28H47N3O5. The summed E-state index contributed by atoms with van der Waals surface area (Å²) in [6.07, 6.45) is 0.196. The Balaban J connectivity index is 3.72. The van der Waals surface area contributed by atoms with Crippen LogP contribution in [-0.2, 0) is 14.3 Å². The summed E-state index contributed by atoms with van der Waals surface area (Å²) in [5.41, 5.74) is -0.576. The van der Waals surface area contributed by atoms with Gasteiger partial charge in [0, 0.05) is 17.1 Å². The van der Waals surface area contributed by atoms with Crippen LogP contribution in [-0.4, -0.2) is 51.1 Å². The summed E-state index contributed by atoms with van der Waals surface area (Å²) in [4.78, 5) is 42.1. The number of rotatable bonds is 10. The second-order valence-corrected chi connectivity index (χ2v) is 11.8. The van der Waals surface area contributed by atoms with E-state index in [-0.39, 0.29) is 17.7 Å². The number of nitrogens with zero attached hydrogens (tertiary/aromatic N) is 1. The third-order valence-electron chi connectivity index (χ3n) is 5.95. The number of phenols is 1. The number of aromatic hydroxyl groups is 1. The lowest BCUT2D eigenvalue weighted by Crippen LogP contribution is -2.59. The molecule has 0 bridgehead atoms. The summed E-state index contributed by atoms with van der Waals surface area (Å²) in [5.74, 6) is -0.769. The van der Waals surface area contributed by atoms with Crippen LogP contribution in [0.25, 0.3) is 0 Å². The van der Waals surface area contributed by atoms with E-state index < -0.39 is 41.1 Å². The molecule has 3 N–H and O–H groups in total. The van der Waals surface area contributed by atoms with Gasteiger partial charge in [0.1, 0.15) is 23.4 Å². The highest BCUT2D eigenvalue weighted by molar-refractivity contribution is 5.93. The van der Waals surface area contributed by atoms with Crippen molar-refractivity contribution in [2.24, 2.45) is 5.92 Å². The van der Waals surface area contributed by atoms with Gasteiger partial charge in [-0.05, 0) is 79.7 Å². The zero-order valence-corrected chi connectivity index (χ0v) is 24.0. The lowest BCUT2D eigenvalue weighted by molar-refractivity contribution is -0.150. The van der Waals surface area contributed by atoms with E-state index in [0.717, 1.165) is 0 Å². The van der Waals surface area contributed by atoms with E-state index in [1.807, 2.05) is 48.5 Å². The lowest BCUT2D eigenvalue weighted by atomic mass is 9.90. The number of carbonyl (C=O) groups is 3. The maximum atomic E-state index is 14.3. The first kappa shape index (κ1) is 31.3. The van der Waals surface area contributed by atoms with Gasteiger partial charge in [-0.1, -0.05) is 39.0 Å². The molecule has 3 amide bonds. The average molecular weight is 506 g/mol. The number of aryl methyl sites for hydroxylation is 1. The molecule has 0 radical (unpaired) electrons. The van der Waals surface area contributed by atoms with Crippen molar-refractivity contribution in [2.75, 3.05) is 0 Å². The first-order valence-corrected chi connectivity index (χ1v) is 12.8. The predicted molar refractivity (Wildman–Crippen MR) is 143 cm³/mol. The third-order valence-corrected chi connectivity index (χ3v) is 5.95. The lowest BCUT2D eigenvalue weighted by Gasteiger charge is -2.45. The Bertz CT molecular complexity index is 918. The molecule has 1 rings (SSSR count). The van der Waals surface area contributed by atoms with Gasteiger partial charge in [-0.2, -0.15) is 0 Å². The van der Waals surface area contributed by atoms with Gasteiger partial charge in [-0.25, -0.2) is 4.79 Å². The van der Waals surface area contributed by atoms with E-state index in [1.54, 1.807) is 45.9 Å². The number of amides is 3. The van der Waals surface area contributed by atoms with Gasteiger partial charge in [0.25, 0.3) is 0 Å². The SMILES string of the molecule is CCC(C)(C)N(C(=O)C(CC(C)C)NC(=O)OC(C)(C)C)C(C(=O)NC(C)C)c1cccc(C)c1O. The molecule has 0 aliphatic rings. The maximum Gasteiger partial charge on any atom is 0.408 e. The van der Waals surface area contributed by atoms with Crippen LogP contribution in [0.3, 0.4) is 0 Å². The van der Waals surface area contributed by atoms with Crippen molar-refractivity contribution in [3.05, 3.63) is 29.3 Å². The van der Waals surface area contributed by atoms with Crippen molar-refractivity contribution < 1.29 is 24.2 Å². The van der Waals surface area contributed by atoms with Crippen molar-refractivity contribution in [3.63, 3.8) is 0 Å². The molecular weight excluding hydrogens is 458 g/mol. The standard InChI is InChI=1S/C28H47N3O5/c1-12-28(10,11)31(25(34)21(16-17(2)3)30-26(35)36-27(7,8)9)22(24(33)29-18(4)5)20-15-13-14-19(6)23(20)32/h13-15,17-18,21-22,32H,12,16H2,1-11H3,(H,29,33)(H,30,35). The zero-order valence-electron chi connectivity index (χ0n) is 24.0. The minimum atomic E-state index is -1.11. The minimum absolute atomic E-state index is 0.0355. The van der Waals surface area contributed by atoms with Gasteiger partial charge in [0.2, 0.25) is 11.8 Å². The van der Waals surface area contributed by atoms with Crippen LogP contribution in [0.4, 0.5) is 4.79 Å². The Hall–Kier alpha value is -2.77. The summed E-state index contributed by atoms with van der Waals surface area (Å²) in [7, 11) is 0. The number of phenolic OH excluding ortho intramolecular Hbond substituents is 1. The number of nitrogens with one attached hydrogen (secondary N) is 2. The predicted octanol–water partition coefficient (Wildman–Crippen LogP) is 5.22. The monoisotopic (exact) mass is 505 g/mol. The number of para-hydroxylation sites is 1. The van der Waals surface area contributed by atoms with Crippen LogP contribution < -0.4 is 10.6 Å². The molecule has 0 heterocycles. The number of hydrogen-bond acceptors (Lipinski definition) is 5. The fourth-order valence-corrected chi connectivity index (χ4v) is 3.92. The third kappa shape index (κ3) is 8.71. The Morgan fingerprint density at radius 2 is 1.61 bits per heavy atom. The second kappa shape index (κ2) is 12.5. The van der Waals surface area contributed by atoms with Crippen LogP contribution in [0.5, 0.6) is 5.75 Å². The van der Waals surface area contributed by atoms with Gasteiger partial charge in [-0.15, -0.1) is 0 Å². The van der Waals surface area contributed by atoms with Gasteiger partial charge in [-0.3, -0.25) is 9.59 Å². The van der Waals surface area contributed by atoms with Crippen LogP contribution in [0, 0.1) is 12.8 Å². The van der Waals surface area contributed by atoms with E-state index in [0.29, 0.717) is 24.0 Å². The average Bonchev–Trinajstić information content (AvgIpc) is 2.71. The van der Waals surface area contributed by atoms with Gasteiger partial charge >= 0.3 is 6.09 Å². The molecule has 0 aromatic heterocycles. The first-order chi connectivity index (χ1) is 16.4. The summed E-state index contributed by atoms with van der Waals surface area (Å²) in [5, 5.41) is 16.6. The number of benzene rings is 1. The molecule has 1 aromatic rings. The topological polar surface area (TPSA) is 108 Å². The fourth-order valence-electron chi connectivity index (χ4n) is 3.92. The molecule has 204 valence electrons. The Morgan fingerprint density at radius 3 is 2.08 bits per heavy atom. The summed E-state index contributed by atoms with van der Waals surface area (Å²) in [6.45, 7) is 20.3. The molecule has 0 spiro atoms. The molecule has 8 heteroatoms. The van der Waals surface area contributed by atoms with Gasteiger partial charge in [0.05, 0.1) is 0 Å². The molecule has 0 aliphatic carbocycles. The zero-order chi connectivity index (χ0) is 28.0. The second-order valence-electron chi connectivity index (χ2n) is 11.8. The Morgan fingerprint density at radius 1 is 1.03 bits per heavy atom. The summed E-state index contributed by atoms with van der Waals surface area (Å²) >= 11 is 0. The largest absolute Gasteiger partial charge is 0.507 e. The maximum absolute atomic E-state index is 14.3. The van der Waals surface area contributed by atoms with Gasteiger partial charge in [0.15, 0.2) is 0 Å². The quantitative estimate of drug-likeness (QED) is 0.404. The fraction of sp³-hybridized carbons (Fsp3) is 0.679. The molecule has 2 unspecified atom stereocenters. The first-order valence-electron chi connectivity index (χ1n) is 12.8. The van der Waals surface area contributed by atoms with Crippen molar-refractivity contribution in [1.82, 2.24) is 15.5 Å². The smallest absolute Gasteiger partial charge is 0.408 e. The molecule has 8 nitrogen and oxygen atoms in total. The molecule has 36 heavy (non-hydrogen) atoms. The van der Waals surface area contributed by atoms with Gasteiger partial charge < -0.3 is 25.4 Å². The van der Waals surface area contributed by atoms with Crippen molar-refractivity contribution in [2.45, 2.75) is 118 Å². The van der Waals surface area contributed by atoms with Crippen LogP contribution in [0.2, 0.25) is 0 Å². The van der Waals surface area contributed by atoms with E-state index in [2.05, 4.69) is 10.6 Å². The molecule has 1 aromatic carbocycles. The van der Waals surface area contributed by atoms with Crippen molar-refractivity contribution >= 4 is 17.9 Å². The highest BCUT2D eigenvalue weighted by Crippen LogP contribution is 2.37. The van der Waals surface area contributed by atoms with Crippen LogP contribution in [0.1, 0.15) is 99.2 Å². The minimum Gasteiger partial charge on any atom is -0.507 e. The van der Waals surface area contributed by atoms with Crippen molar-refractivity contribution in [3.8, 4) is 5.75 Å². The normalized spacial score (nSPS) is 13.8. The van der Waals surface area contributed by atoms with Crippen LogP contribution >= 0.6 is 0 Å². The number of carbonyl (C=O) groups excluding carboxylic acids is 3. The molecule has 0 saturated carbocycles. The van der Waals surface area contributed by atoms with E-state index in [4.69, 9.17) is 4.74 Å². The highest BCUT2D eigenvalue weighted by Gasteiger charge is 2.44. The summed E-state index contributed by atoms with van der Waals surface area (Å²) < 4.78 is 5.43. The number of hydrogen-bond donors (Lipinski definition) is 3. The number of ether oxygens (including phenoxy) is 1. The summed E-state index contributed by atoms with van der Waals surface area (Å²) in [6, 6.07) is 2.96. The Labute approximate surface area is 217 Å². The van der Waals surface area contributed by atoms with Crippen molar-refractivity contribution in [1.29, 1.82) is 0 Å². The van der Waals surface area contributed by atoms with E-state index >= 15 is 0 Å². The molecule has 0 saturated heterocycles. The number of alkyl carbamates (subject to hydrolysis) is 1. The Kier molecular flexibility index (Phi) is 10.8. The molecule has 2 atom stereocenters. The molecule has 0 aliphatic heterocycles. The molecule has 0 fully saturated rings. The highest BCUT2D eigenvalue weighted by atomic mass is 16.6.